The van der Waals surface area contributed by atoms with Crippen molar-refractivity contribution in [3.63, 3.8) is 0 Å². The fraction of sp³-hybridized carbons (Fsp3) is 0.294. The fourth-order valence-electron chi connectivity index (χ4n) is 2.70. The van der Waals surface area contributed by atoms with Gasteiger partial charge in [-0.2, -0.15) is 0 Å². The summed E-state index contributed by atoms with van der Waals surface area (Å²) in [4.78, 5) is 2.32. The number of nitrogens with zero attached hydrogens (tertiary/aromatic N) is 1. The van der Waals surface area contributed by atoms with E-state index in [1.807, 2.05) is 25.1 Å². The van der Waals surface area contributed by atoms with Crippen LogP contribution in [0.5, 0.6) is 5.75 Å². The van der Waals surface area contributed by atoms with Gasteiger partial charge in [-0.15, -0.1) is 0 Å². The van der Waals surface area contributed by atoms with Gasteiger partial charge in [0.1, 0.15) is 5.75 Å². The summed E-state index contributed by atoms with van der Waals surface area (Å²) in [6.45, 7) is 3.73. The molecule has 1 atom stereocenters. The smallest absolute Gasteiger partial charge is 0.142 e. The molecule has 0 unspecified atom stereocenters. The first-order valence-corrected chi connectivity index (χ1v) is 7.11. The summed E-state index contributed by atoms with van der Waals surface area (Å²) in [6.07, 6.45) is 1.00. The normalized spacial score (nSPS) is 16.0. The van der Waals surface area contributed by atoms with Crippen molar-refractivity contribution in [1.82, 2.24) is 0 Å². The second-order valence-electron chi connectivity index (χ2n) is 5.17. The van der Waals surface area contributed by atoms with Gasteiger partial charge >= 0.3 is 0 Å². The number of hydrogen-bond donors (Lipinski definition) is 1. The molecular formula is C17H20N2O. The predicted octanol–water partition coefficient (Wildman–Crippen LogP) is 3.63. The zero-order valence-electron chi connectivity index (χ0n) is 11.8. The van der Waals surface area contributed by atoms with Crippen molar-refractivity contribution < 1.29 is 4.74 Å². The lowest BCUT2D eigenvalue weighted by atomic mass is 10.0. The van der Waals surface area contributed by atoms with Crippen molar-refractivity contribution >= 4 is 11.4 Å². The van der Waals surface area contributed by atoms with Crippen LogP contribution in [0.25, 0.3) is 0 Å². The Kier molecular flexibility index (Phi) is 3.61. The van der Waals surface area contributed by atoms with Crippen LogP contribution in [-0.4, -0.2) is 13.2 Å². The summed E-state index contributed by atoms with van der Waals surface area (Å²) >= 11 is 0. The summed E-state index contributed by atoms with van der Waals surface area (Å²) in [5.41, 5.74) is 9.60. The Hall–Kier alpha value is -2.00. The van der Waals surface area contributed by atoms with E-state index < -0.39 is 0 Å². The average Bonchev–Trinajstić information content (AvgIpc) is 2.69. The van der Waals surface area contributed by atoms with Crippen LogP contribution in [0, 0.1) is 0 Å². The maximum Gasteiger partial charge on any atom is 0.142 e. The van der Waals surface area contributed by atoms with Gasteiger partial charge in [0.15, 0.2) is 0 Å². The molecular weight excluding hydrogens is 248 g/mol. The molecule has 104 valence electrons. The highest BCUT2D eigenvalue weighted by Gasteiger charge is 2.20. The first-order chi connectivity index (χ1) is 9.77. The van der Waals surface area contributed by atoms with E-state index in [0.717, 1.165) is 31.0 Å². The molecule has 0 aromatic heterocycles. The zero-order valence-corrected chi connectivity index (χ0v) is 11.8. The molecule has 0 aliphatic carbocycles. The van der Waals surface area contributed by atoms with Crippen LogP contribution >= 0.6 is 0 Å². The van der Waals surface area contributed by atoms with Crippen LogP contribution in [0.2, 0.25) is 0 Å². The second kappa shape index (κ2) is 5.55. The SMILES string of the molecule is C[C@@H](N)c1ccccc1N1CCCOc2ccccc21. The molecule has 3 heteroatoms. The zero-order chi connectivity index (χ0) is 13.9. The van der Waals surface area contributed by atoms with Crippen LogP contribution < -0.4 is 15.4 Å². The third-order valence-electron chi connectivity index (χ3n) is 3.66. The van der Waals surface area contributed by atoms with E-state index >= 15 is 0 Å². The molecule has 3 rings (SSSR count). The molecule has 2 aromatic carbocycles. The predicted molar refractivity (Wildman–Crippen MR) is 82.6 cm³/mol. The summed E-state index contributed by atoms with van der Waals surface area (Å²) in [5.74, 6) is 0.949. The number of fused-ring (bicyclic) bond motifs is 1. The molecule has 1 aliphatic rings. The number of rotatable bonds is 2. The standard InChI is InChI=1S/C17H20N2O/c1-13(18)14-7-2-3-8-15(14)19-11-6-12-20-17-10-5-4-9-16(17)19/h2-5,7-10,13H,6,11-12,18H2,1H3/t13-/m1/s1. The fourth-order valence-corrected chi connectivity index (χ4v) is 2.70. The van der Waals surface area contributed by atoms with Gasteiger partial charge < -0.3 is 15.4 Å². The summed E-state index contributed by atoms with van der Waals surface area (Å²) in [7, 11) is 0. The topological polar surface area (TPSA) is 38.5 Å². The number of benzene rings is 2. The minimum atomic E-state index is 0.0162. The van der Waals surface area contributed by atoms with Crippen LogP contribution in [0.3, 0.4) is 0 Å². The summed E-state index contributed by atoms with van der Waals surface area (Å²) < 4.78 is 5.83. The third-order valence-corrected chi connectivity index (χ3v) is 3.66. The van der Waals surface area contributed by atoms with Crippen molar-refractivity contribution in [2.24, 2.45) is 5.73 Å². The number of hydrogen-bond acceptors (Lipinski definition) is 3. The largest absolute Gasteiger partial charge is 0.491 e. The molecule has 0 fully saturated rings. The van der Waals surface area contributed by atoms with E-state index in [0.29, 0.717) is 0 Å². The Morgan fingerprint density at radius 2 is 1.75 bits per heavy atom. The first-order valence-electron chi connectivity index (χ1n) is 7.11. The Labute approximate surface area is 120 Å². The van der Waals surface area contributed by atoms with Crippen molar-refractivity contribution in [2.45, 2.75) is 19.4 Å². The van der Waals surface area contributed by atoms with Gasteiger partial charge in [0, 0.05) is 18.3 Å². The Morgan fingerprint density at radius 3 is 2.55 bits per heavy atom. The van der Waals surface area contributed by atoms with E-state index in [1.54, 1.807) is 0 Å². The van der Waals surface area contributed by atoms with E-state index in [4.69, 9.17) is 10.5 Å². The Balaban J connectivity index is 2.10. The van der Waals surface area contributed by atoms with E-state index in [9.17, 15) is 0 Å². The van der Waals surface area contributed by atoms with Crippen LogP contribution in [0.15, 0.2) is 48.5 Å². The lowest BCUT2D eigenvalue weighted by Gasteiger charge is -2.27. The van der Waals surface area contributed by atoms with Crippen LogP contribution in [0.4, 0.5) is 11.4 Å². The van der Waals surface area contributed by atoms with Crippen molar-refractivity contribution in [3.05, 3.63) is 54.1 Å². The molecule has 0 amide bonds. The lowest BCUT2D eigenvalue weighted by molar-refractivity contribution is 0.322. The van der Waals surface area contributed by atoms with Gasteiger partial charge in [0.05, 0.1) is 12.3 Å². The average molecular weight is 268 g/mol. The molecule has 0 saturated heterocycles. The summed E-state index contributed by atoms with van der Waals surface area (Å²) in [6, 6.07) is 16.6. The van der Waals surface area contributed by atoms with Crippen molar-refractivity contribution in [2.75, 3.05) is 18.1 Å². The van der Waals surface area contributed by atoms with Crippen LogP contribution in [-0.2, 0) is 0 Å². The van der Waals surface area contributed by atoms with Gasteiger partial charge in [-0.25, -0.2) is 0 Å². The highest BCUT2D eigenvalue weighted by atomic mass is 16.5. The number of para-hydroxylation sites is 3. The Morgan fingerprint density at radius 1 is 1.05 bits per heavy atom. The molecule has 0 radical (unpaired) electrons. The van der Waals surface area contributed by atoms with E-state index in [-0.39, 0.29) is 6.04 Å². The maximum atomic E-state index is 6.12. The van der Waals surface area contributed by atoms with Gasteiger partial charge in [-0.05, 0) is 37.1 Å². The molecule has 0 saturated carbocycles. The summed E-state index contributed by atoms with van der Waals surface area (Å²) in [5, 5.41) is 0. The molecule has 1 heterocycles. The molecule has 0 bridgehead atoms. The number of anilines is 2. The highest BCUT2D eigenvalue weighted by Crippen LogP contribution is 2.38. The molecule has 20 heavy (non-hydrogen) atoms. The van der Waals surface area contributed by atoms with E-state index in [1.165, 1.54) is 11.3 Å². The minimum Gasteiger partial charge on any atom is -0.491 e. The van der Waals surface area contributed by atoms with Crippen LogP contribution in [0.1, 0.15) is 24.9 Å². The van der Waals surface area contributed by atoms with Crippen molar-refractivity contribution in [3.8, 4) is 5.75 Å². The monoisotopic (exact) mass is 268 g/mol. The quantitative estimate of drug-likeness (QED) is 0.904. The van der Waals surface area contributed by atoms with Gasteiger partial charge in [0.25, 0.3) is 0 Å². The van der Waals surface area contributed by atoms with E-state index in [2.05, 4.69) is 35.2 Å². The Bertz CT molecular complexity index is 595. The lowest BCUT2D eigenvalue weighted by Crippen LogP contribution is -2.21. The number of ether oxygens (including phenoxy) is 1. The molecule has 2 aromatic rings. The van der Waals surface area contributed by atoms with Gasteiger partial charge in [0.2, 0.25) is 0 Å². The third kappa shape index (κ3) is 2.37. The second-order valence-corrected chi connectivity index (χ2v) is 5.17. The highest BCUT2D eigenvalue weighted by molar-refractivity contribution is 5.72. The molecule has 1 aliphatic heterocycles. The molecule has 3 nitrogen and oxygen atoms in total. The molecule has 2 N–H and O–H groups in total. The van der Waals surface area contributed by atoms with Gasteiger partial charge in [-0.3, -0.25) is 0 Å². The minimum absolute atomic E-state index is 0.0162. The van der Waals surface area contributed by atoms with Crippen molar-refractivity contribution in [1.29, 1.82) is 0 Å². The first kappa shape index (κ1) is 13.0. The maximum absolute atomic E-state index is 6.12. The number of nitrogens with two attached hydrogens (primary N) is 1. The van der Waals surface area contributed by atoms with Gasteiger partial charge in [-0.1, -0.05) is 30.3 Å². The molecule has 0 spiro atoms.